The van der Waals surface area contributed by atoms with Crippen molar-refractivity contribution in [3.05, 3.63) is 51.2 Å². The molecule has 3 aromatic rings. The summed E-state index contributed by atoms with van der Waals surface area (Å²) >= 11 is 4.14. The van der Waals surface area contributed by atoms with Gasteiger partial charge in [-0.15, -0.1) is 11.3 Å². The number of anilines is 2. The first-order valence-electron chi connectivity index (χ1n) is 9.94. The summed E-state index contributed by atoms with van der Waals surface area (Å²) in [7, 11) is 0. The fraction of sp³-hybridized carbons (Fsp3) is 0.182. The van der Waals surface area contributed by atoms with Crippen LogP contribution in [0.5, 0.6) is 11.5 Å². The number of phenols is 2. The Bertz CT molecular complexity index is 1290. The lowest BCUT2D eigenvalue weighted by molar-refractivity contribution is -0.112. The summed E-state index contributed by atoms with van der Waals surface area (Å²) in [6, 6.07) is 5.84. The Hall–Kier alpha value is -3.53. The maximum atomic E-state index is 14.7. The predicted molar refractivity (Wildman–Crippen MR) is 128 cm³/mol. The molecule has 174 valence electrons. The summed E-state index contributed by atoms with van der Waals surface area (Å²) in [6.45, 7) is 2.46. The fourth-order valence-corrected chi connectivity index (χ4v) is 4.38. The summed E-state index contributed by atoms with van der Waals surface area (Å²) in [6.07, 6.45) is 2.82. The van der Waals surface area contributed by atoms with Crippen LogP contribution in [0.3, 0.4) is 0 Å². The van der Waals surface area contributed by atoms with Gasteiger partial charge >= 0.3 is 0 Å². The molecule has 0 bridgehead atoms. The van der Waals surface area contributed by atoms with Crippen LogP contribution in [-0.4, -0.2) is 52.4 Å². The number of aromatic nitrogens is 2. The first-order valence-corrected chi connectivity index (χ1v) is 11.6. The van der Waals surface area contributed by atoms with Crippen molar-refractivity contribution >= 4 is 50.1 Å². The van der Waals surface area contributed by atoms with Gasteiger partial charge in [0.05, 0.1) is 29.6 Å². The number of amides is 1. The second-order valence-electron chi connectivity index (χ2n) is 7.16. The van der Waals surface area contributed by atoms with E-state index in [1.807, 2.05) is 4.90 Å². The van der Waals surface area contributed by atoms with E-state index in [1.165, 1.54) is 24.3 Å². The Morgan fingerprint density at radius 1 is 1.32 bits per heavy atom. The average Bonchev–Trinajstić information content (AvgIpc) is 3.29. The number of carbonyl (C=O) groups is 1. The summed E-state index contributed by atoms with van der Waals surface area (Å²) in [5, 5.41) is 33.0. The molecule has 1 amide bonds. The standard InChI is InChI=1S/C22H17BrFN5O4S/c23-15-6-12(7-18(30)20(15)31)5-13(9-25)21(32)28-22-27-17(11-34-22)19-16(24)8-14(10-26-19)29-1-3-33-4-2-29/h5-8,10-11,30-31H,1-4H2,(H,27,28,32)/b13-5+. The number of nitriles is 1. The highest BCUT2D eigenvalue weighted by Gasteiger charge is 2.18. The number of hydrogen-bond acceptors (Lipinski definition) is 9. The van der Waals surface area contributed by atoms with Crippen LogP contribution in [0, 0.1) is 17.1 Å². The Morgan fingerprint density at radius 3 is 2.76 bits per heavy atom. The Morgan fingerprint density at radius 2 is 2.09 bits per heavy atom. The first kappa shape index (κ1) is 23.6. The van der Waals surface area contributed by atoms with Crippen LogP contribution in [0.2, 0.25) is 0 Å². The number of aromatic hydroxyl groups is 2. The fourth-order valence-electron chi connectivity index (χ4n) is 3.22. The highest BCUT2D eigenvalue weighted by atomic mass is 79.9. The minimum absolute atomic E-state index is 0.0502. The van der Waals surface area contributed by atoms with Crippen molar-refractivity contribution in [3.63, 3.8) is 0 Å². The van der Waals surface area contributed by atoms with Crippen LogP contribution in [-0.2, 0) is 9.53 Å². The molecule has 9 nitrogen and oxygen atoms in total. The average molecular weight is 546 g/mol. The molecule has 0 spiro atoms. The molecular weight excluding hydrogens is 529 g/mol. The first-order chi connectivity index (χ1) is 16.4. The summed E-state index contributed by atoms with van der Waals surface area (Å²) in [5.41, 5.74) is 1.02. The van der Waals surface area contributed by atoms with E-state index in [0.717, 1.165) is 11.3 Å². The number of nitrogens with zero attached hydrogens (tertiary/aromatic N) is 4. The second-order valence-corrected chi connectivity index (χ2v) is 8.87. The van der Waals surface area contributed by atoms with Gasteiger partial charge in [-0.2, -0.15) is 5.26 Å². The number of thiazole rings is 1. The van der Waals surface area contributed by atoms with E-state index in [4.69, 9.17) is 4.74 Å². The predicted octanol–water partition coefficient (Wildman–Crippen LogP) is 3.90. The molecule has 1 aliphatic heterocycles. The molecule has 1 fully saturated rings. The highest BCUT2D eigenvalue weighted by Crippen LogP contribution is 2.35. The molecule has 0 aliphatic carbocycles. The third kappa shape index (κ3) is 5.17. The monoisotopic (exact) mass is 545 g/mol. The van der Waals surface area contributed by atoms with E-state index in [2.05, 4.69) is 31.2 Å². The number of benzene rings is 1. The van der Waals surface area contributed by atoms with Gasteiger partial charge in [0.1, 0.15) is 23.0 Å². The smallest absolute Gasteiger partial charge is 0.268 e. The number of ether oxygens (including phenoxy) is 1. The van der Waals surface area contributed by atoms with Crippen LogP contribution in [0.1, 0.15) is 5.56 Å². The Kier molecular flexibility index (Phi) is 7.06. The molecule has 0 radical (unpaired) electrons. The zero-order chi connectivity index (χ0) is 24.2. The number of nitrogens with one attached hydrogen (secondary N) is 1. The van der Waals surface area contributed by atoms with Gasteiger partial charge in [0.25, 0.3) is 5.91 Å². The van der Waals surface area contributed by atoms with E-state index < -0.39 is 17.5 Å². The zero-order valence-electron chi connectivity index (χ0n) is 17.5. The molecule has 1 aromatic carbocycles. The van der Waals surface area contributed by atoms with E-state index >= 15 is 0 Å². The number of pyridine rings is 1. The molecule has 4 rings (SSSR count). The van der Waals surface area contributed by atoms with Gasteiger partial charge in [-0.25, -0.2) is 14.4 Å². The van der Waals surface area contributed by atoms with Crippen molar-refractivity contribution in [1.29, 1.82) is 5.26 Å². The van der Waals surface area contributed by atoms with Gasteiger partial charge in [-0.1, -0.05) is 0 Å². The van der Waals surface area contributed by atoms with Gasteiger partial charge in [0.15, 0.2) is 22.4 Å². The summed E-state index contributed by atoms with van der Waals surface area (Å²) in [5.74, 6) is -2.03. The SMILES string of the molecule is N#C/C(=C\c1cc(O)c(O)c(Br)c1)C(=O)Nc1nc(-c2ncc(N3CCOCC3)cc2F)cs1. The molecule has 0 unspecified atom stereocenters. The molecule has 0 saturated carbocycles. The summed E-state index contributed by atoms with van der Waals surface area (Å²) < 4.78 is 20.3. The molecule has 12 heteroatoms. The van der Waals surface area contributed by atoms with Crippen LogP contribution in [0.4, 0.5) is 15.2 Å². The van der Waals surface area contributed by atoms with Crippen molar-refractivity contribution in [1.82, 2.24) is 9.97 Å². The normalized spacial score (nSPS) is 14.0. The number of carbonyl (C=O) groups excluding carboxylic acids is 1. The molecule has 3 N–H and O–H groups in total. The van der Waals surface area contributed by atoms with Crippen molar-refractivity contribution in [3.8, 4) is 29.0 Å². The third-order valence-electron chi connectivity index (χ3n) is 4.91. The van der Waals surface area contributed by atoms with Crippen LogP contribution >= 0.6 is 27.3 Å². The molecule has 0 atom stereocenters. The van der Waals surface area contributed by atoms with Gasteiger partial charge in [0, 0.05) is 24.5 Å². The lowest BCUT2D eigenvalue weighted by Gasteiger charge is -2.28. The molecule has 3 heterocycles. The molecule has 1 aliphatic rings. The minimum Gasteiger partial charge on any atom is -0.504 e. The van der Waals surface area contributed by atoms with Gasteiger partial charge in [0.2, 0.25) is 0 Å². The van der Waals surface area contributed by atoms with Crippen molar-refractivity contribution in [2.45, 2.75) is 0 Å². The second kappa shape index (κ2) is 10.2. The molecular formula is C22H17BrFN5O4S. The molecule has 1 saturated heterocycles. The van der Waals surface area contributed by atoms with Crippen molar-refractivity contribution in [2.75, 3.05) is 36.5 Å². The zero-order valence-corrected chi connectivity index (χ0v) is 19.9. The lowest BCUT2D eigenvalue weighted by Crippen LogP contribution is -2.36. The number of halogens is 2. The number of phenolic OH excluding ortho intramolecular Hbond substituents is 2. The maximum absolute atomic E-state index is 14.7. The summed E-state index contributed by atoms with van der Waals surface area (Å²) in [4.78, 5) is 23.0. The lowest BCUT2D eigenvalue weighted by atomic mass is 10.1. The number of rotatable bonds is 5. The van der Waals surface area contributed by atoms with Crippen molar-refractivity contribution < 1.29 is 24.1 Å². The van der Waals surface area contributed by atoms with Crippen LogP contribution < -0.4 is 10.2 Å². The topological polar surface area (TPSA) is 132 Å². The maximum Gasteiger partial charge on any atom is 0.268 e. The number of hydrogen-bond donors (Lipinski definition) is 3. The Labute approximate surface area is 205 Å². The number of morpholine rings is 1. The van der Waals surface area contributed by atoms with Gasteiger partial charge in [-0.05, 0) is 39.7 Å². The van der Waals surface area contributed by atoms with Crippen LogP contribution in [0.25, 0.3) is 17.5 Å². The largest absolute Gasteiger partial charge is 0.504 e. The van der Waals surface area contributed by atoms with Crippen LogP contribution in [0.15, 0.2) is 39.8 Å². The van der Waals surface area contributed by atoms with Gasteiger partial charge < -0.3 is 19.8 Å². The Balaban J connectivity index is 1.50. The van der Waals surface area contributed by atoms with Crippen molar-refractivity contribution in [2.24, 2.45) is 0 Å². The molecule has 2 aromatic heterocycles. The van der Waals surface area contributed by atoms with Gasteiger partial charge in [-0.3, -0.25) is 10.1 Å². The minimum atomic E-state index is -0.733. The molecule has 34 heavy (non-hydrogen) atoms. The van der Waals surface area contributed by atoms with E-state index in [0.29, 0.717) is 37.6 Å². The highest BCUT2D eigenvalue weighted by molar-refractivity contribution is 9.10. The third-order valence-corrected chi connectivity index (χ3v) is 6.27. The van der Waals surface area contributed by atoms with E-state index in [9.17, 15) is 24.7 Å². The van der Waals surface area contributed by atoms with E-state index in [-0.39, 0.29) is 32.3 Å². The van der Waals surface area contributed by atoms with E-state index in [1.54, 1.807) is 17.6 Å². The quantitative estimate of drug-likeness (QED) is 0.250.